The summed E-state index contributed by atoms with van der Waals surface area (Å²) in [5.41, 5.74) is 4.83. The van der Waals surface area contributed by atoms with Crippen molar-refractivity contribution in [3.05, 3.63) is 59.3 Å². The van der Waals surface area contributed by atoms with Crippen molar-refractivity contribution in [1.82, 2.24) is 0 Å². The van der Waals surface area contributed by atoms with E-state index in [2.05, 4.69) is 49.5 Å². The van der Waals surface area contributed by atoms with Gasteiger partial charge in [-0.1, -0.05) is 67.0 Å². The molecule has 2 unspecified atom stereocenters. The molecule has 3 aliphatic carbocycles. The topological polar surface area (TPSA) is 0 Å². The molecule has 0 N–H and O–H groups in total. The molecule has 0 fully saturated rings. The van der Waals surface area contributed by atoms with Crippen LogP contribution >= 0.6 is 0 Å². The summed E-state index contributed by atoms with van der Waals surface area (Å²) in [4.78, 5) is 0. The number of rotatable bonds is 6. The van der Waals surface area contributed by atoms with Crippen molar-refractivity contribution in [2.45, 2.75) is 64.7 Å². The maximum atomic E-state index is 2.43. The van der Waals surface area contributed by atoms with Crippen LogP contribution in [0.4, 0.5) is 0 Å². The first-order valence-corrected chi connectivity index (χ1v) is 9.25. The van der Waals surface area contributed by atoms with Crippen LogP contribution in [0.1, 0.15) is 64.7 Å². The highest BCUT2D eigenvalue weighted by Gasteiger charge is 2.21. The Hall–Kier alpha value is -1.30. The lowest BCUT2D eigenvalue weighted by atomic mass is 9.77. The number of hydrogen-bond acceptors (Lipinski definition) is 0. The Morgan fingerprint density at radius 2 is 1.95 bits per heavy atom. The van der Waals surface area contributed by atoms with Gasteiger partial charge in [0.15, 0.2) is 0 Å². The molecule has 0 amide bonds. The van der Waals surface area contributed by atoms with Crippen LogP contribution in [0.25, 0.3) is 0 Å². The van der Waals surface area contributed by atoms with Gasteiger partial charge in [0.1, 0.15) is 0 Å². The van der Waals surface area contributed by atoms with Crippen LogP contribution in [0.5, 0.6) is 0 Å². The van der Waals surface area contributed by atoms with E-state index in [0.29, 0.717) is 0 Å². The van der Waals surface area contributed by atoms with E-state index in [0.717, 1.165) is 11.8 Å². The number of unbranched alkanes of at least 4 members (excludes halogenated alkanes) is 1. The van der Waals surface area contributed by atoms with Gasteiger partial charge >= 0.3 is 0 Å². The summed E-state index contributed by atoms with van der Waals surface area (Å²) in [6.07, 6.45) is 28.3. The molecule has 3 rings (SSSR count). The lowest BCUT2D eigenvalue weighted by Crippen LogP contribution is -2.14. The van der Waals surface area contributed by atoms with E-state index in [1.807, 2.05) is 0 Å². The Balaban J connectivity index is 1.42. The van der Waals surface area contributed by atoms with Crippen LogP contribution in [0, 0.1) is 11.8 Å². The summed E-state index contributed by atoms with van der Waals surface area (Å²) >= 11 is 0. The molecule has 0 aromatic rings. The average Bonchev–Trinajstić information content (AvgIpc) is 2.59. The molecule has 0 nitrogen and oxygen atoms in total. The van der Waals surface area contributed by atoms with Crippen LogP contribution < -0.4 is 0 Å². The molecule has 0 saturated carbocycles. The van der Waals surface area contributed by atoms with Gasteiger partial charge in [0, 0.05) is 0 Å². The minimum Gasteiger partial charge on any atom is -0.0842 e. The van der Waals surface area contributed by atoms with Crippen molar-refractivity contribution in [3.63, 3.8) is 0 Å². The average molecular weight is 294 g/mol. The summed E-state index contributed by atoms with van der Waals surface area (Å²) in [5, 5.41) is 0. The normalized spacial score (nSPS) is 25.1. The predicted molar refractivity (Wildman–Crippen MR) is 96.7 cm³/mol. The van der Waals surface area contributed by atoms with E-state index in [-0.39, 0.29) is 0 Å². The second-order valence-electron chi connectivity index (χ2n) is 7.19. The molecule has 2 atom stereocenters. The molecule has 0 bridgehead atoms. The zero-order valence-corrected chi connectivity index (χ0v) is 14.1. The van der Waals surface area contributed by atoms with Gasteiger partial charge in [-0.15, -0.1) is 0 Å². The van der Waals surface area contributed by atoms with Crippen molar-refractivity contribution in [3.8, 4) is 0 Å². The highest BCUT2D eigenvalue weighted by molar-refractivity contribution is 5.35. The van der Waals surface area contributed by atoms with E-state index in [4.69, 9.17) is 0 Å². The molecule has 0 spiro atoms. The maximum absolute atomic E-state index is 2.43. The Morgan fingerprint density at radius 3 is 2.82 bits per heavy atom. The smallest absolute Gasteiger partial charge is 0.0122 e. The van der Waals surface area contributed by atoms with Crippen molar-refractivity contribution in [2.75, 3.05) is 0 Å². The molecule has 22 heavy (non-hydrogen) atoms. The first kappa shape index (κ1) is 15.6. The summed E-state index contributed by atoms with van der Waals surface area (Å²) in [6.45, 7) is 2.43. The van der Waals surface area contributed by atoms with Gasteiger partial charge in [-0.2, -0.15) is 0 Å². The summed E-state index contributed by atoms with van der Waals surface area (Å²) in [6, 6.07) is 0. The van der Waals surface area contributed by atoms with Crippen molar-refractivity contribution in [1.29, 1.82) is 0 Å². The minimum atomic E-state index is 0.764. The van der Waals surface area contributed by atoms with E-state index in [9.17, 15) is 0 Å². The van der Waals surface area contributed by atoms with E-state index >= 15 is 0 Å². The van der Waals surface area contributed by atoms with Gasteiger partial charge in [0.25, 0.3) is 0 Å². The van der Waals surface area contributed by atoms with Crippen molar-refractivity contribution >= 4 is 0 Å². The van der Waals surface area contributed by atoms with E-state index < -0.39 is 0 Å². The zero-order valence-electron chi connectivity index (χ0n) is 14.1. The molecule has 0 heteroatoms. The number of fused-ring (bicyclic) bond motifs is 1. The quantitative estimate of drug-likeness (QED) is 0.479. The highest BCUT2D eigenvalue weighted by Crippen LogP contribution is 2.36. The van der Waals surface area contributed by atoms with Gasteiger partial charge in [0.05, 0.1) is 0 Å². The fraction of sp³-hybridized carbons (Fsp3) is 0.545. The highest BCUT2D eigenvalue weighted by atomic mass is 14.3. The molecule has 0 radical (unpaired) electrons. The second kappa shape index (κ2) is 7.81. The zero-order chi connectivity index (χ0) is 15.2. The molecule has 0 saturated heterocycles. The lowest BCUT2D eigenvalue weighted by Gasteiger charge is -2.28. The molecule has 118 valence electrons. The van der Waals surface area contributed by atoms with Crippen molar-refractivity contribution in [2.24, 2.45) is 11.8 Å². The van der Waals surface area contributed by atoms with Crippen LogP contribution in [0.15, 0.2) is 59.3 Å². The fourth-order valence-corrected chi connectivity index (χ4v) is 3.97. The standard InChI is InChI=1S/C22H30/c1-18(9-5-6-12-19-10-3-2-4-11-19)21-16-15-20-13-7-8-14-22(20)17-21/h3,7,10-11,13,15-16,18,22H,2,4-6,8-9,12,14,17H2,1H3. The van der Waals surface area contributed by atoms with Crippen LogP contribution in [0.3, 0.4) is 0 Å². The third-order valence-corrected chi connectivity index (χ3v) is 5.49. The van der Waals surface area contributed by atoms with Crippen LogP contribution in [-0.4, -0.2) is 0 Å². The first-order valence-electron chi connectivity index (χ1n) is 9.25. The summed E-state index contributed by atoms with van der Waals surface area (Å²) < 4.78 is 0. The largest absolute Gasteiger partial charge is 0.0842 e. The van der Waals surface area contributed by atoms with Crippen LogP contribution in [0.2, 0.25) is 0 Å². The predicted octanol–water partition coefficient (Wildman–Crippen LogP) is 6.68. The Morgan fingerprint density at radius 1 is 1.05 bits per heavy atom. The lowest BCUT2D eigenvalue weighted by molar-refractivity contribution is 0.483. The first-order chi connectivity index (χ1) is 10.8. The van der Waals surface area contributed by atoms with Gasteiger partial charge in [-0.25, -0.2) is 0 Å². The monoisotopic (exact) mass is 294 g/mol. The number of hydrogen-bond donors (Lipinski definition) is 0. The van der Waals surface area contributed by atoms with E-state index in [1.165, 1.54) is 57.8 Å². The third kappa shape index (κ3) is 4.12. The summed E-state index contributed by atoms with van der Waals surface area (Å²) in [5.74, 6) is 1.57. The van der Waals surface area contributed by atoms with Gasteiger partial charge < -0.3 is 0 Å². The Bertz CT molecular complexity index is 524. The van der Waals surface area contributed by atoms with Crippen molar-refractivity contribution < 1.29 is 0 Å². The Labute approximate surface area is 136 Å². The molecule has 3 aliphatic rings. The Kier molecular flexibility index (Phi) is 5.53. The molecular formula is C22H30. The minimum absolute atomic E-state index is 0.764. The number of allylic oxidation sites excluding steroid dienone is 10. The van der Waals surface area contributed by atoms with Gasteiger partial charge in [-0.05, 0) is 68.8 Å². The fourth-order valence-electron chi connectivity index (χ4n) is 3.97. The molecule has 0 aliphatic heterocycles. The van der Waals surface area contributed by atoms with Gasteiger partial charge in [-0.3, -0.25) is 0 Å². The molecule has 0 aromatic carbocycles. The molecular weight excluding hydrogens is 264 g/mol. The third-order valence-electron chi connectivity index (χ3n) is 5.49. The molecule has 0 heterocycles. The van der Waals surface area contributed by atoms with Gasteiger partial charge in [0.2, 0.25) is 0 Å². The van der Waals surface area contributed by atoms with Crippen LogP contribution in [-0.2, 0) is 0 Å². The van der Waals surface area contributed by atoms with E-state index in [1.54, 1.807) is 16.7 Å². The second-order valence-corrected chi connectivity index (χ2v) is 7.19. The maximum Gasteiger partial charge on any atom is -0.0122 e. The summed E-state index contributed by atoms with van der Waals surface area (Å²) in [7, 11) is 0. The molecule has 0 aromatic heterocycles. The SMILES string of the molecule is CC(CCCCC1=CCCC=C1)C1=CC=C2C=CCCC2C1.